The standard InChI is InChI=1S/C18H20N2O3S/c1-22-15-9-13-8-14(18(19)21)20(11-12-6-4-3-5-7-12)24-17(13)10-16(15)23-2/h3-7,9-10,14H,8,11H2,1-2H3,(H2,19,21). The van der Waals surface area contributed by atoms with E-state index in [0.717, 1.165) is 16.0 Å². The molecule has 5 nitrogen and oxygen atoms in total. The summed E-state index contributed by atoms with van der Waals surface area (Å²) in [6.07, 6.45) is 0.560. The summed E-state index contributed by atoms with van der Waals surface area (Å²) in [7, 11) is 3.22. The summed E-state index contributed by atoms with van der Waals surface area (Å²) in [6.45, 7) is 0.646. The molecule has 126 valence electrons. The number of fused-ring (bicyclic) bond motifs is 1. The molecule has 2 aromatic carbocycles. The van der Waals surface area contributed by atoms with E-state index >= 15 is 0 Å². The van der Waals surface area contributed by atoms with E-state index in [0.29, 0.717) is 24.5 Å². The van der Waals surface area contributed by atoms with Gasteiger partial charge in [0, 0.05) is 11.4 Å². The number of carbonyl (C=O) groups excluding carboxylic acids is 1. The first-order valence-corrected chi connectivity index (χ1v) is 8.42. The Kier molecular flexibility index (Phi) is 4.97. The van der Waals surface area contributed by atoms with Crippen LogP contribution in [0.4, 0.5) is 0 Å². The van der Waals surface area contributed by atoms with Crippen LogP contribution in [0.5, 0.6) is 11.5 Å². The summed E-state index contributed by atoms with van der Waals surface area (Å²) in [5.74, 6) is 1.02. The monoisotopic (exact) mass is 344 g/mol. The zero-order chi connectivity index (χ0) is 17.1. The van der Waals surface area contributed by atoms with Gasteiger partial charge in [0.05, 0.1) is 14.2 Å². The van der Waals surface area contributed by atoms with Crippen molar-refractivity contribution in [3.8, 4) is 11.5 Å². The van der Waals surface area contributed by atoms with E-state index < -0.39 is 0 Å². The number of amides is 1. The third kappa shape index (κ3) is 3.34. The fourth-order valence-corrected chi connectivity index (χ4v) is 3.99. The first kappa shape index (κ1) is 16.7. The van der Waals surface area contributed by atoms with E-state index in [-0.39, 0.29) is 11.9 Å². The Bertz CT molecular complexity index is 737. The van der Waals surface area contributed by atoms with E-state index in [1.54, 1.807) is 14.2 Å². The third-order valence-electron chi connectivity index (χ3n) is 4.05. The normalized spacial score (nSPS) is 17.2. The number of methoxy groups -OCH3 is 2. The van der Waals surface area contributed by atoms with Crippen molar-refractivity contribution in [1.82, 2.24) is 4.31 Å². The van der Waals surface area contributed by atoms with E-state index in [1.807, 2.05) is 46.8 Å². The molecule has 2 aromatic rings. The molecule has 1 atom stereocenters. The average Bonchev–Trinajstić information content (AvgIpc) is 2.60. The maximum atomic E-state index is 12.0. The van der Waals surface area contributed by atoms with Crippen molar-refractivity contribution in [3.63, 3.8) is 0 Å². The maximum absolute atomic E-state index is 12.0. The smallest absolute Gasteiger partial charge is 0.236 e. The summed E-state index contributed by atoms with van der Waals surface area (Å²) in [5, 5.41) is 0. The topological polar surface area (TPSA) is 64.8 Å². The number of nitrogens with zero attached hydrogens (tertiary/aromatic N) is 1. The molecule has 0 aliphatic carbocycles. The second-order valence-corrected chi connectivity index (χ2v) is 6.68. The van der Waals surface area contributed by atoms with Crippen LogP contribution >= 0.6 is 11.9 Å². The number of hydrogen-bond donors (Lipinski definition) is 1. The van der Waals surface area contributed by atoms with Crippen molar-refractivity contribution in [2.24, 2.45) is 5.73 Å². The number of benzene rings is 2. The molecule has 24 heavy (non-hydrogen) atoms. The van der Waals surface area contributed by atoms with E-state index in [2.05, 4.69) is 0 Å². The predicted octanol–water partition coefficient (Wildman–Crippen LogP) is 2.62. The van der Waals surface area contributed by atoms with Crippen LogP contribution in [0.3, 0.4) is 0 Å². The van der Waals surface area contributed by atoms with Gasteiger partial charge < -0.3 is 15.2 Å². The molecular formula is C18H20N2O3S. The third-order valence-corrected chi connectivity index (χ3v) is 5.25. The summed E-state index contributed by atoms with van der Waals surface area (Å²) >= 11 is 1.53. The molecule has 0 radical (unpaired) electrons. The summed E-state index contributed by atoms with van der Waals surface area (Å²) in [6, 6.07) is 13.6. The first-order chi connectivity index (χ1) is 11.6. The van der Waals surface area contributed by atoms with Gasteiger partial charge in [-0.05, 0) is 41.6 Å². The highest BCUT2D eigenvalue weighted by Crippen LogP contribution is 2.42. The van der Waals surface area contributed by atoms with Crippen molar-refractivity contribution in [2.75, 3.05) is 14.2 Å². The van der Waals surface area contributed by atoms with Gasteiger partial charge in [-0.25, -0.2) is 4.31 Å². The molecule has 1 aliphatic heterocycles. The van der Waals surface area contributed by atoms with Crippen LogP contribution in [0, 0.1) is 0 Å². The molecule has 3 rings (SSSR count). The molecule has 0 saturated heterocycles. The molecular weight excluding hydrogens is 324 g/mol. The Morgan fingerprint density at radius 3 is 2.50 bits per heavy atom. The van der Waals surface area contributed by atoms with Crippen LogP contribution in [0.2, 0.25) is 0 Å². The minimum atomic E-state index is -0.360. The van der Waals surface area contributed by atoms with Crippen LogP contribution in [-0.2, 0) is 17.8 Å². The lowest BCUT2D eigenvalue weighted by Crippen LogP contribution is -2.44. The Morgan fingerprint density at radius 2 is 1.88 bits per heavy atom. The lowest BCUT2D eigenvalue weighted by molar-refractivity contribution is -0.121. The molecule has 1 aliphatic rings. The van der Waals surface area contributed by atoms with Crippen molar-refractivity contribution < 1.29 is 14.3 Å². The second kappa shape index (κ2) is 7.15. The first-order valence-electron chi connectivity index (χ1n) is 7.65. The molecule has 2 N–H and O–H groups in total. The van der Waals surface area contributed by atoms with Crippen molar-refractivity contribution >= 4 is 17.9 Å². The number of nitrogens with two attached hydrogens (primary N) is 1. The number of ether oxygens (including phenoxy) is 2. The lowest BCUT2D eigenvalue weighted by atomic mass is 10.0. The number of rotatable bonds is 5. The van der Waals surface area contributed by atoms with Gasteiger partial charge in [-0.15, -0.1) is 0 Å². The molecule has 0 fully saturated rings. The van der Waals surface area contributed by atoms with Crippen molar-refractivity contribution in [1.29, 1.82) is 0 Å². The zero-order valence-corrected chi connectivity index (χ0v) is 14.5. The Morgan fingerprint density at radius 1 is 1.21 bits per heavy atom. The zero-order valence-electron chi connectivity index (χ0n) is 13.7. The predicted molar refractivity (Wildman–Crippen MR) is 94.1 cm³/mol. The van der Waals surface area contributed by atoms with Gasteiger partial charge in [-0.3, -0.25) is 4.79 Å². The molecule has 0 saturated carbocycles. The number of carbonyl (C=O) groups is 1. The molecule has 0 aromatic heterocycles. The van der Waals surface area contributed by atoms with Gasteiger partial charge in [-0.1, -0.05) is 30.3 Å². The molecule has 1 amide bonds. The van der Waals surface area contributed by atoms with Gasteiger partial charge in [0.25, 0.3) is 0 Å². The van der Waals surface area contributed by atoms with Crippen LogP contribution in [0.15, 0.2) is 47.4 Å². The Balaban J connectivity index is 1.93. The lowest BCUT2D eigenvalue weighted by Gasteiger charge is -2.34. The van der Waals surface area contributed by atoms with Crippen LogP contribution in [0.25, 0.3) is 0 Å². The molecule has 6 heteroatoms. The highest BCUT2D eigenvalue weighted by Gasteiger charge is 2.32. The van der Waals surface area contributed by atoms with E-state index in [1.165, 1.54) is 11.9 Å². The Labute approximate surface area is 145 Å². The number of primary amides is 1. The van der Waals surface area contributed by atoms with Gasteiger partial charge >= 0.3 is 0 Å². The molecule has 1 unspecified atom stereocenters. The van der Waals surface area contributed by atoms with E-state index in [9.17, 15) is 4.79 Å². The van der Waals surface area contributed by atoms with Crippen LogP contribution in [-0.4, -0.2) is 30.5 Å². The summed E-state index contributed by atoms with van der Waals surface area (Å²) in [4.78, 5) is 13.0. The second-order valence-electron chi connectivity index (χ2n) is 5.59. The summed E-state index contributed by atoms with van der Waals surface area (Å²) < 4.78 is 12.8. The summed E-state index contributed by atoms with van der Waals surface area (Å²) in [5.41, 5.74) is 7.83. The van der Waals surface area contributed by atoms with Crippen LogP contribution in [0.1, 0.15) is 11.1 Å². The minimum absolute atomic E-state index is 0.320. The minimum Gasteiger partial charge on any atom is -0.493 e. The van der Waals surface area contributed by atoms with Gasteiger partial charge in [-0.2, -0.15) is 0 Å². The molecule has 1 heterocycles. The fourth-order valence-electron chi connectivity index (χ4n) is 2.80. The van der Waals surface area contributed by atoms with Gasteiger partial charge in [0.2, 0.25) is 5.91 Å². The highest BCUT2D eigenvalue weighted by molar-refractivity contribution is 7.97. The fraction of sp³-hybridized carbons (Fsp3) is 0.278. The SMILES string of the molecule is COc1cc2c(cc1OC)SN(Cc1ccccc1)C(C(N)=O)C2. The highest BCUT2D eigenvalue weighted by atomic mass is 32.2. The van der Waals surface area contributed by atoms with Gasteiger partial charge in [0.15, 0.2) is 11.5 Å². The van der Waals surface area contributed by atoms with E-state index in [4.69, 9.17) is 15.2 Å². The van der Waals surface area contributed by atoms with Crippen molar-refractivity contribution in [3.05, 3.63) is 53.6 Å². The number of hydrogen-bond acceptors (Lipinski definition) is 5. The van der Waals surface area contributed by atoms with Crippen molar-refractivity contribution in [2.45, 2.75) is 23.9 Å². The maximum Gasteiger partial charge on any atom is 0.236 e. The van der Waals surface area contributed by atoms with Crippen LogP contribution < -0.4 is 15.2 Å². The molecule has 0 spiro atoms. The Hall–Kier alpha value is -2.18. The average molecular weight is 344 g/mol. The largest absolute Gasteiger partial charge is 0.493 e. The molecule has 0 bridgehead atoms. The van der Waals surface area contributed by atoms with Gasteiger partial charge in [0.1, 0.15) is 6.04 Å². The quantitative estimate of drug-likeness (QED) is 0.845.